The third kappa shape index (κ3) is 3.08. The molecule has 1 saturated heterocycles. The van der Waals surface area contributed by atoms with E-state index in [0.717, 1.165) is 32.6 Å². The molecular weight excluding hydrogens is 282 g/mol. The Morgan fingerprint density at radius 2 is 2.09 bits per heavy atom. The fourth-order valence-electron chi connectivity index (χ4n) is 3.31. The molecule has 6 nitrogen and oxygen atoms in total. The molecule has 1 saturated carbocycles. The van der Waals surface area contributed by atoms with Gasteiger partial charge in [-0.15, -0.1) is 0 Å². The van der Waals surface area contributed by atoms with Crippen molar-refractivity contribution in [2.75, 3.05) is 26.2 Å². The summed E-state index contributed by atoms with van der Waals surface area (Å²) in [6.07, 6.45) is 3.30. The Labute approximate surface area is 130 Å². The quantitative estimate of drug-likeness (QED) is 0.645. The van der Waals surface area contributed by atoms with E-state index in [-0.39, 0.29) is 22.4 Å². The Hall–Kier alpha value is -1.66. The van der Waals surface area contributed by atoms with Crippen LogP contribution in [0.1, 0.15) is 36.4 Å². The number of piperazine rings is 1. The maximum Gasteiger partial charge on any atom is 0.277 e. The van der Waals surface area contributed by atoms with Gasteiger partial charge >= 0.3 is 0 Å². The zero-order valence-corrected chi connectivity index (χ0v) is 12.9. The van der Waals surface area contributed by atoms with Crippen molar-refractivity contribution in [1.82, 2.24) is 10.2 Å². The molecule has 1 aliphatic heterocycles. The summed E-state index contributed by atoms with van der Waals surface area (Å²) in [6.45, 7) is 5.31. The lowest BCUT2D eigenvalue weighted by atomic mass is 9.94. The van der Waals surface area contributed by atoms with Crippen LogP contribution in [0.5, 0.6) is 5.75 Å². The Morgan fingerprint density at radius 1 is 1.41 bits per heavy atom. The zero-order chi connectivity index (χ0) is 15.7. The summed E-state index contributed by atoms with van der Waals surface area (Å²) in [6, 6.07) is 3.10. The van der Waals surface area contributed by atoms with Crippen molar-refractivity contribution in [2.45, 2.75) is 32.2 Å². The first-order valence-electron chi connectivity index (χ1n) is 7.99. The monoisotopic (exact) mass is 305 g/mol. The van der Waals surface area contributed by atoms with Crippen molar-refractivity contribution < 1.29 is 10.0 Å². The zero-order valence-electron chi connectivity index (χ0n) is 12.9. The number of phenols is 1. The first-order chi connectivity index (χ1) is 10.6. The molecule has 3 rings (SSSR count). The maximum atomic E-state index is 11.4. The van der Waals surface area contributed by atoms with Crippen LogP contribution in [0.15, 0.2) is 12.1 Å². The molecule has 1 heterocycles. The summed E-state index contributed by atoms with van der Waals surface area (Å²) >= 11 is 0. The van der Waals surface area contributed by atoms with Crippen molar-refractivity contribution in [3.8, 4) is 5.75 Å². The molecule has 2 N–H and O–H groups in total. The standard InChI is InChI=1S/C16H23N3O3/c1-11-2-5-13(19(21)22)15(16(11)20)14(10-12-3-4-12)18-8-6-17-7-9-18/h2,5,12,14,17,20H,3-4,6-10H2,1H3/t14-/m1/s1. The minimum atomic E-state index is -0.364. The number of aromatic hydroxyl groups is 1. The highest BCUT2D eigenvalue weighted by Crippen LogP contribution is 2.45. The summed E-state index contributed by atoms with van der Waals surface area (Å²) < 4.78 is 0. The van der Waals surface area contributed by atoms with E-state index < -0.39 is 0 Å². The van der Waals surface area contributed by atoms with Crippen LogP contribution >= 0.6 is 0 Å². The van der Waals surface area contributed by atoms with Crippen molar-refractivity contribution in [3.63, 3.8) is 0 Å². The molecule has 0 unspecified atom stereocenters. The van der Waals surface area contributed by atoms with E-state index in [4.69, 9.17) is 0 Å². The molecule has 22 heavy (non-hydrogen) atoms. The van der Waals surface area contributed by atoms with E-state index in [0.29, 0.717) is 17.0 Å². The minimum Gasteiger partial charge on any atom is -0.507 e. The van der Waals surface area contributed by atoms with Crippen molar-refractivity contribution >= 4 is 5.69 Å². The van der Waals surface area contributed by atoms with Crippen LogP contribution in [0.3, 0.4) is 0 Å². The van der Waals surface area contributed by atoms with E-state index in [9.17, 15) is 15.2 Å². The largest absolute Gasteiger partial charge is 0.507 e. The summed E-state index contributed by atoms with van der Waals surface area (Å²) in [5.74, 6) is 0.734. The van der Waals surface area contributed by atoms with Gasteiger partial charge in [0.05, 0.1) is 10.5 Å². The molecule has 2 aliphatic rings. The number of nitro groups is 1. The molecule has 0 bridgehead atoms. The van der Waals surface area contributed by atoms with Gasteiger partial charge in [-0.05, 0) is 30.9 Å². The lowest BCUT2D eigenvalue weighted by Gasteiger charge is -2.35. The molecule has 1 aliphatic carbocycles. The van der Waals surface area contributed by atoms with E-state index in [1.807, 2.05) is 0 Å². The number of nitro benzene ring substituents is 1. The highest BCUT2D eigenvalue weighted by atomic mass is 16.6. The number of nitrogens with one attached hydrogen (secondary N) is 1. The second-order valence-corrected chi connectivity index (χ2v) is 6.40. The van der Waals surface area contributed by atoms with Gasteiger partial charge in [0.15, 0.2) is 0 Å². The number of phenolic OH excluding ortho intramolecular Hbond substituents is 1. The predicted molar refractivity (Wildman–Crippen MR) is 84.0 cm³/mol. The van der Waals surface area contributed by atoms with Crippen LogP contribution in [0.2, 0.25) is 0 Å². The number of benzene rings is 1. The summed E-state index contributed by atoms with van der Waals surface area (Å²) in [5, 5.41) is 25.3. The van der Waals surface area contributed by atoms with Crippen molar-refractivity contribution in [3.05, 3.63) is 33.4 Å². The lowest BCUT2D eigenvalue weighted by Crippen LogP contribution is -2.45. The summed E-state index contributed by atoms with van der Waals surface area (Å²) in [5.41, 5.74) is 1.27. The molecule has 0 aromatic heterocycles. The molecule has 0 radical (unpaired) electrons. The fourth-order valence-corrected chi connectivity index (χ4v) is 3.31. The van der Waals surface area contributed by atoms with Gasteiger partial charge in [-0.1, -0.05) is 12.8 Å². The number of hydrogen-bond donors (Lipinski definition) is 2. The highest BCUT2D eigenvalue weighted by Gasteiger charge is 2.36. The number of hydrogen-bond acceptors (Lipinski definition) is 5. The van der Waals surface area contributed by atoms with Crippen molar-refractivity contribution in [2.24, 2.45) is 5.92 Å². The Kier molecular flexibility index (Phi) is 4.31. The SMILES string of the molecule is Cc1ccc([N+](=O)[O-])c([C@@H](CC2CC2)N2CCNCC2)c1O. The van der Waals surface area contributed by atoms with Crippen molar-refractivity contribution in [1.29, 1.82) is 0 Å². The van der Waals surface area contributed by atoms with Gasteiger partial charge in [-0.25, -0.2) is 0 Å². The topological polar surface area (TPSA) is 78.6 Å². The molecule has 1 aromatic rings. The molecule has 0 spiro atoms. The fraction of sp³-hybridized carbons (Fsp3) is 0.625. The van der Waals surface area contributed by atoms with Gasteiger partial charge in [-0.3, -0.25) is 15.0 Å². The lowest BCUT2D eigenvalue weighted by molar-refractivity contribution is -0.386. The van der Waals surface area contributed by atoms with Crippen LogP contribution in [-0.2, 0) is 0 Å². The van der Waals surface area contributed by atoms with E-state index in [1.54, 1.807) is 13.0 Å². The number of nitrogens with zero attached hydrogens (tertiary/aromatic N) is 2. The van der Waals surface area contributed by atoms with Gasteiger partial charge in [0.2, 0.25) is 0 Å². The average molecular weight is 305 g/mol. The molecular formula is C16H23N3O3. The van der Waals surface area contributed by atoms with Crippen LogP contribution in [0, 0.1) is 23.0 Å². The predicted octanol–water partition coefficient (Wildman–Crippen LogP) is 2.36. The molecule has 2 fully saturated rings. The summed E-state index contributed by atoms with van der Waals surface area (Å²) in [7, 11) is 0. The molecule has 6 heteroatoms. The number of rotatable bonds is 5. The van der Waals surface area contributed by atoms with Crippen LogP contribution in [-0.4, -0.2) is 41.1 Å². The maximum absolute atomic E-state index is 11.4. The first-order valence-corrected chi connectivity index (χ1v) is 7.99. The third-order valence-electron chi connectivity index (χ3n) is 4.77. The van der Waals surface area contributed by atoms with Gasteiger partial charge in [0, 0.05) is 38.3 Å². The average Bonchev–Trinajstić information content (AvgIpc) is 3.32. The highest BCUT2D eigenvalue weighted by molar-refractivity contribution is 5.54. The van der Waals surface area contributed by atoms with Gasteiger partial charge in [0.25, 0.3) is 5.69 Å². The van der Waals surface area contributed by atoms with Crippen LogP contribution < -0.4 is 5.32 Å². The Bertz CT molecular complexity index is 566. The van der Waals surface area contributed by atoms with Gasteiger partial charge in [-0.2, -0.15) is 0 Å². The summed E-state index contributed by atoms with van der Waals surface area (Å²) in [4.78, 5) is 13.4. The Balaban J connectivity index is 2.01. The minimum absolute atomic E-state index is 0.0484. The smallest absolute Gasteiger partial charge is 0.277 e. The molecule has 1 aromatic carbocycles. The normalized spacial score (nSPS) is 20.8. The third-order valence-corrected chi connectivity index (χ3v) is 4.77. The second kappa shape index (κ2) is 6.22. The van der Waals surface area contributed by atoms with E-state index in [2.05, 4.69) is 10.2 Å². The molecule has 1 atom stereocenters. The molecule has 0 amide bonds. The van der Waals surface area contributed by atoms with E-state index >= 15 is 0 Å². The van der Waals surface area contributed by atoms with E-state index in [1.165, 1.54) is 18.9 Å². The molecule has 120 valence electrons. The Morgan fingerprint density at radius 3 is 2.68 bits per heavy atom. The second-order valence-electron chi connectivity index (χ2n) is 6.40. The van der Waals surface area contributed by atoms with Gasteiger partial charge in [0.1, 0.15) is 5.75 Å². The first kappa shape index (κ1) is 15.2. The van der Waals surface area contributed by atoms with Crippen LogP contribution in [0.25, 0.3) is 0 Å². The van der Waals surface area contributed by atoms with Crippen LogP contribution in [0.4, 0.5) is 5.69 Å². The number of aryl methyl sites for hydroxylation is 1. The van der Waals surface area contributed by atoms with Gasteiger partial charge < -0.3 is 10.4 Å².